The number of benzene rings is 1. The van der Waals surface area contributed by atoms with Crippen LogP contribution >= 0.6 is 11.6 Å². The smallest absolute Gasteiger partial charge is 0.134 e. The summed E-state index contributed by atoms with van der Waals surface area (Å²) < 4.78 is 13.6. The van der Waals surface area contributed by atoms with Gasteiger partial charge in [-0.1, -0.05) is 30.3 Å². The van der Waals surface area contributed by atoms with Crippen molar-refractivity contribution in [2.45, 2.75) is 5.88 Å². The van der Waals surface area contributed by atoms with Gasteiger partial charge in [-0.05, 0) is 11.6 Å². The van der Waals surface area contributed by atoms with Gasteiger partial charge in [0.2, 0.25) is 0 Å². The van der Waals surface area contributed by atoms with Crippen molar-refractivity contribution in [3.05, 3.63) is 54.1 Å². The largest absolute Gasteiger partial charge is 0.259 e. The van der Waals surface area contributed by atoms with Crippen LogP contribution in [0, 0.1) is 5.82 Å². The molecule has 0 aliphatic carbocycles. The van der Waals surface area contributed by atoms with Crippen LogP contribution in [-0.2, 0) is 5.88 Å². The minimum absolute atomic E-state index is 0.228. The predicted octanol–water partition coefficient (Wildman–Crippen LogP) is 3.63. The van der Waals surface area contributed by atoms with Gasteiger partial charge in [0.05, 0.1) is 11.6 Å². The molecule has 2 rings (SSSR count). The zero-order chi connectivity index (χ0) is 10.7. The maximum atomic E-state index is 13.6. The highest BCUT2D eigenvalue weighted by molar-refractivity contribution is 6.16. The van der Waals surface area contributed by atoms with E-state index in [1.54, 1.807) is 0 Å². The SMILES string of the molecule is Fc1cc(CCl)ncc1-c1ccccc1. The lowest BCUT2D eigenvalue weighted by atomic mass is 10.1. The summed E-state index contributed by atoms with van der Waals surface area (Å²) in [5.41, 5.74) is 1.88. The summed E-state index contributed by atoms with van der Waals surface area (Å²) >= 11 is 5.57. The summed E-state index contributed by atoms with van der Waals surface area (Å²) in [6.45, 7) is 0. The Morgan fingerprint density at radius 3 is 2.53 bits per heavy atom. The number of rotatable bonds is 2. The summed E-state index contributed by atoms with van der Waals surface area (Å²) in [7, 11) is 0. The molecule has 0 bridgehead atoms. The second-order valence-electron chi connectivity index (χ2n) is 3.16. The van der Waals surface area contributed by atoms with Gasteiger partial charge in [-0.3, -0.25) is 4.98 Å². The molecule has 1 nitrogen and oxygen atoms in total. The molecule has 1 heterocycles. The van der Waals surface area contributed by atoms with Crippen molar-refractivity contribution in [2.75, 3.05) is 0 Å². The number of aromatic nitrogens is 1. The third kappa shape index (κ3) is 2.16. The fraction of sp³-hybridized carbons (Fsp3) is 0.0833. The summed E-state index contributed by atoms with van der Waals surface area (Å²) in [6, 6.07) is 10.7. The second kappa shape index (κ2) is 4.41. The highest BCUT2D eigenvalue weighted by atomic mass is 35.5. The molecule has 0 aliphatic rings. The quantitative estimate of drug-likeness (QED) is 0.706. The molecule has 15 heavy (non-hydrogen) atoms. The van der Waals surface area contributed by atoms with E-state index in [9.17, 15) is 4.39 Å². The molecule has 1 aromatic carbocycles. The molecule has 0 saturated heterocycles. The maximum Gasteiger partial charge on any atom is 0.134 e. The average Bonchev–Trinajstić information content (AvgIpc) is 2.30. The van der Waals surface area contributed by atoms with Crippen LogP contribution in [0.3, 0.4) is 0 Å². The van der Waals surface area contributed by atoms with E-state index in [2.05, 4.69) is 4.98 Å². The Balaban J connectivity index is 2.46. The molecular weight excluding hydrogens is 213 g/mol. The van der Waals surface area contributed by atoms with Crippen molar-refractivity contribution in [3.63, 3.8) is 0 Å². The second-order valence-corrected chi connectivity index (χ2v) is 3.42. The van der Waals surface area contributed by atoms with Crippen LogP contribution < -0.4 is 0 Å². The standard InChI is InChI=1S/C12H9ClFN/c13-7-10-6-12(14)11(8-15-10)9-4-2-1-3-5-9/h1-6,8H,7H2. The first kappa shape index (κ1) is 10.1. The first-order valence-corrected chi connectivity index (χ1v) is 5.10. The van der Waals surface area contributed by atoms with Gasteiger partial charge >= 0.3 is 0 Å². The lowest BCUT2D eigenvalue weighted by Gasteiger charge is -2.03. The highest BCUT2D eigenvalue weighted by Crippen LogP contribution is 2.22. The van der Waals surface area contributed by atoms with Crippen LogP contribution in [0.1, 0.15) is 5.69 Å². The van der Waals surface area contributed by atoms with Gasteiger partial charge in [0.25, 0.3) is 0 Å². The number of pyridine rings is 1. The first-order chi connectivity index (χ1) is 7.31. The molecule has 0 atom stereocenters. The molecule has 76 valence electrons. The Hall–Kier alpha value is -1.41. The molecule has 0 spiro atoms. The third-order valence-electron chi connectivity index (χ3n) is 2.13. The Morgan fingerprint density at radius 2 is 1.93 bits per heavy atom. The minimum Gasteiger partial charge on any atom is -0.259 e. The lowest BCUT2D eigenvalue weighted by Crippen LogP contribution is -1.91. The van der Waals surface area contributed by atoms with E-state index in [0.29, 0.717) is 11.3 Å². The number of alkyl halides is 1. The van der Waals surface area contributed by atoms with Crippen molar-refractivity contribution in [1.29, 1.82) is 0 Å². The number of hydrogen-bond acceptors (Lipinski definition) is 1. The third-order valence-corrected chi connectivity index (χ3v) is 2.41. The molecule has 0 fully saturated rings. The van der Waals surface area contributed by atoms with E-state index in [1.807, 2.05) is 30.3 Å². The van der Waals surface area contributed by atoms with E-state index in [-0.39, 0.29) is 11.7 Å². The van der Waals surface area contributed by atoms with E-state index in [0.717, 1.165) is 5.56 Å². The van der Waals surface area contributed by atoms with Crippen LogP contribution in [0.5, 0.6) is 0 Å². The summed E-state index contributed by atoms with van der Waals surface area (Å²) in [5, 5.41) is 0. The number of halogens is 2. The van der Waals surface area contributed by atoms with Crippen LogP contribution in [0.15, 0.2) is 42.6 Å². The highest BCUT2D eigenvalue weighted by Gasteiger charge is 2.05. The number of hydrogen-bond donors (Lipinski definition) is 0. The Morgan fingerprint density at radius 1 is 1.20 bits per heavy atom. The average molecular weight is 222 g/mol. The fourth-order valence-corrected chi connectivity index (χ4v) is 1.52. The topological polar surface area (TPSA) is 12.9 Å². The first-order valence-electron chi connectivity index (χ1n) is 4.57. The molecule has 0 aliphatic heterocycles. The van der Waals surface area contributed by atoms with Crippen molar-refractivity contribution in [3.8, 4) is 11.1 Å². The van der Waals surface area contributed by atoms with Crippen LogP contribution in [-0.4, -0.2) is 4.98 Å². The number of nitrogens with zero attached hydrogens (tertiary/aromatic N) is 1. The van der Waals surface area contributed by atoms with Crippen molar-refractivity contribution in [1.82, 2.24) is 4.98 Å². The molecule has 0 unspecified atom stereocenters. The van der Waals surface area contributed by atoms with Crippen molar-refractivity contribution >= 4 is 11.6 Å². The van der Waals surface area contributed by atoms with Crippen LogP contribution in [0.4, 0.5) is 4.39 Å². The predicted molar refractivity (Wildman–Crippen MR) is 59.2 cm³/mol. The lowest BCUT2D eigenvalue weighted by molar-refractivity contribution is 0.627. The van der Waals surface area contributed by atoms with E-state index >= 15 is 0 Å². The fourth-order valence-electron chi connectivity index (χ4n) is 1.37. The molecule has 0 N–H and O–H groups in total. The molecular formula is C12H9ClFN. The van der Waals surface area contributed by atoms with E-state index < -0.39 is 0 Å². The monoisotopic (exact) mass is 221 g/mol. The van der Waals surface area contributed by atoms with Crippen LogP contribution in [0.2, 0.25) is 0 Å². The van der Waals surface area contributed by atoms with Gasteiger partial charge in [-0.2, -0.15) is 0 Å². The molecule has 2 aromatic rings. The molecule has 3 heteroatoms. The van der Waals surface area contributed by atoms with Gasteiger partial charge in [0, 0.05) is 11.8 Å². The minimum atomic E-state index is -0.285. The maximum absolute atomic E-state index is 13.6. The molecule has 0 saturated carbocycles. The molecule has 0 radical (unpaired) electrons. The van der Waals surface area contributed by atoms with Crippen molar-refractivity contribution in [2.24, 2.45) is 0 Å². The Bertz CT molecular complexity index is 456. The molecule has 0 amide bonds. The normalized spacial score (nSPS) is 10.3. The Kier molecular flexibility index (Phi) is 2.97. The molecule has 1 aromatic heterocycles. The van der Waals surface area contributed by atoms with Gasteiger partial charge < -0.3 is 0 Å². The van der Waals surface area contributed by atoms with Gasteiger partial charge in [-0.25, -0.2) is 4.39 Å². The Labute approximate surface area is 92.5 Å². The zero-order valence-electron chi connectivity index (χ0n) is 7.95. The van der Waals surface area contributed by atoms with E-state index in [4.69, 9.17) is 11.6 Å². The van der Waals surface area contributed by atoms with Gasteiger partial charge in [0.15, 0.2) is 0 Å². The van der Waals surface area contributed by atoms with Crippen LogP contribution in [0.25, 0.3) is 11.1 Å². The zero-order valence-corrected chi connectivity index (χ0v) is 8.71. The summed E-state index contributed by atoms with van der Waals surface area (Å²) in [4.78, 5) is 4.06. The van der Waals surface area contributed by atoms with Gasteiger partial charge in [0.1, 0.15) is 5.82 Å². The van der Waals surface area contributed by atoms with Crippen molar-refractivity contribution < 1.29 is 4.39 Å². The summed E-state index contributed by atoms with van der Waals surface area (Å²) in [6.07, 6.45) is 1.52. The summed E-state index contributed by atoms with van der Waals surface area (Å²) in [5.74, 6) is -0.0572. The van der Waals surface area contributed by atoms with E-state index in [1.165, 1.54) is 12.3 Å². The van der Waals surface area contributed by atoms with Gasteiger partial charge in [-0.15, -0.1) is 11.6 Å².